The number of amides is 2. The SMILES string of the molecule is O=C(Cc1cccc([N+](=O)[O-])c1)N1CCCC(N2CCNCC2=O)C1. The van der Waals surface area contributed by atoms with Gasteiger partial charge >= 0.3 is 0 Å². The molecule has 0 bridgehead atoms. The van der Waals surface area contributed by atoms with Crippen molar-refractivity contribution in [3.05, 3.63) is 39.9 Å². The minimum atomic E-state index is -0.457. The van der Waals surface area contributed by atoms with Crippen molar-refractivity contribution in [3.8, 4) is 0 Å². The fraction of sp³-hybridized carbons (Fsp3) is 0.529. The van der Waals surface area contributed by atoms with Crippen LogP contribution >= 0.6 is 0 Å². The maximum atomic E-state index is 12.6. The van der Waals surface area contributed by atoms with Crippen molar-refractivity contribution in [2.45, 2.75) is 25.3 Å². The van der Waals surface area contributed by atoms with Gasteiger partial charge in [-0.2, -0.15) is 0 Å². The van der Waals surface area contributed by atoms with Crippen LogP contribution in [0, 0.1) is 10.1 Å². The molecule has 8 heteroatoms. The second kappa shape index (κ2) is 7.60. The number of likely N-dealkylation sites (tertiary alicyclic amines) is 1. The lowest BCUT2D eigenvalue weighted by Crippen LogP contribution is -2.57. The molecule has 8 nitrogen and oxygen atoms in total. The average Bonchev–Trinajstić information content (AvgIpc) is 2.62. The molecular weight excluding hydrogens is 324 g/mol. The van der Waals surface area contributed by atoms with Gasteiger partial charge in [-0.25, -0.2) is 0 Å². The maximum absolute atomic E-state index is 12.6. The van der Waals surface area contributed by atoms with E-state index in [0.29, 0.717) is 31.7 Å². The minimum Gasteiger partial charge on any atom is -0.340 e. The third kappa shape index (κ3) is 4.14. The zero-order chi connectivity index (χ0) is 17.8. The Morgan fingerprint density at radius 3 is 2.96 bits per heavy atom. The monoisotopic (exact) mass is 346 g/mol. The van der Waals surface area contributed by atoms with Crippen molar-refractivity contribution >= 4 is 17.5 Å². The van der Waals surface area contributed by atoms with Crippen LogP contribution in [0.1, 0.15) is 18.4 Å². The largest absolute Gasteiger partial charge is 0.340 e. The zero-order valence-electron chi connectivity index (χ0n) is 14.0. The Morgan fingerprint density at radius 1 is 1.36 bits per heavy atom. The molecule has 0 spiro atoms. The lowest BCUT2D eigenvalue weighted by atomic mass is 10.0. The Balaban J connectivity index is 1.63. The van der Waals surface area contributed by atoms with Crippen LogP contribution in [0.3, 0.4) is 0 Å². The van der Waals surface area contributed by atoms with E-state index in [1.807, 2.05) is 4.90 Å². The molecule has 2 heterocycles. The number of nitro groups is 1. The minimum absolute atomic E-state index is 0.00626. The molecule has 1 unspecified atom stereocenters. The number of non-ortho nitro benzene ring substituents is 1. The first kappa shape index (κ1) is 17.3. The average molecular weight is 346 g/mol. The molecule has 0 aliphatic carbocycles. The van der Waals surface area contributed by atoms with Gasteiger partial charge in [0.1, 0.15) is 0 Å². The number of nitrogens with one attached hydrogen (secondary N) is 1. The number of carbonyl (C=O) groups excluding carboxylic acids is 2. The lowest BCUT2D eigenvalue weighted by molar-refractivity contribution is -0.384. The van der Waals surface area contributed by atoms with Crippen molar-refractivity contribution in [2.24, 2.45) is 0 Å². The number of piperidine rings is 1. The van der Waals surface area contributed by atoms with E-state index in [1.165, 1.54) is 12.1 Å². The summed E-state index contributed by atoms with van der Waals surface area (Å²) in [7, 11) is 0. The van der Waals surface area contributed by atoms with Gasteiger partial charge < -0.3 is 15.1 Å². The molecule has 1 aromatic carbocycles. The Hall–Kier alpha value is -2.48. The number of nitrogens with zero attached hydrogens (tertiary/aromatic N) is 3. The Bertz CT molecular complexity index is 678. The second-order valence-corrected chi connectivity index (χ2v) is 6.50. The fourth-order valence-corrected chi connectivity index (χ4v) is 3.51. The van der Waals surface area contributed by atoms with Crippen LogP contribution in [-0.4, -0.2) is 65.3 Å². The summed E-state index contributed by atoms with van der Waals surface area (Å²) >= 11 is 0. The van der Waals surface area contributed by atoms with Crippen LogP contribution in [0.15, 0.2) is 24.3 Å². The third-order valence-electron chi connectivity index (χ3n) is 4.79. The molecule has 1 atom stereocenters. The predicted octanol–water partition coefficient (Wildman–Crippen LogP) is 0.560. The molecule has 1 N–H and O–H groups in total. The van der Waals surface area contributed by atoms with Crippen LogP contribution in [0.25, 0.3) is 0 Å². The van der Waals surface area contributed by atoms with Crippen LogP contribution in [0.4, 0.5) is 5.69 Å². The maximum Gasteiger partial charge on any atom is 0.269 e. The molecule has 134 valence electrons. The van der Waals surface area contributed by atoms with Crippen LogP contribution < -0.4 is 5.32 Å². The highest BCUT2D eigenvalue weighted by Crippen LogP contribution is 2.19. The highest BCUT2D eigenvalue weighted by atomic mass is 16.6. The molecule has 0 saturated carbocycles. The number of piperazine rings is 1. The van der Waals surface area contributed by atoms with E-state index in [2.05, 4.69) is 5.32 Å². The molecule has 2 aliphatic rings. The van der Waals surface area contributed by atoms with Gasteiger partial charge in [-0.15, -0.1) is 0 Å². The van der Waals surface area contributed by atoms with Gasteiger partial charge in [-0.3, -0.25) is 19.7 Å². The topological polar surface area (TPSA) is 95.8 Å². The van der Waals surface area contributed by atoms with Crippen LogP contribution in [0.2, 0.25) is 0 Å². The lowest BCUT2D eigenvalue weighted by Gasteiger charge is -2.41. The summed E-state index contributed by atoms with van der Waals surface area (Å²) in [6.45, 7) is 3.03. The van der Waals surface area contributed by atoms with E-state index in [4.69, 9.17) is 0 Å². The van der Waals surface area contributed by atoms with E-state index >= 15 is 0 Å². The van der Waals surface area contributed by atoms with E-state index in [-0.39, 0.29) is 30.0 Å². The first-order valence-electron chi connectivity index (χ1n) is 8.56. The van der Waals surface area contributed by atoms with Crippen molar-refractivity contribution < 1.29 is 14.5 Å². The molecular formula is C17H22N4O4. The summed E-state index contributed by atoms with van der Waals surface area (Å²) in [5, 5.41) is 13.9. The predicted molar refractivity (Wildman–Crippen MR) is 91.0 cm³/mol. The quantitative estimate of drug-likeness (QED) is 0.635. The van der Waals surface area contributed by atoms with Crippen molar-refractivity contribution in [1.82, 2.24) is 15.1 Å². The summed E-state index contributed by atoms with van der Waals surface area (Å²) in [6.07, 6.45) is 1.92. The number of nitro benzene ring substituents is 1. The second-order valence-electron chi connectivity index (χ2n) is 6.50. The van der Waals surface area contributed by atoms with Gasteiger partial charge in [0.25, 0.3) is 5.69 Å². The summed E-state index contributed by atoms with van der Waals surface area (Å²) in [4.78, 5) is 38.7. The number of hydrogen-bond acceptors (Lipinski definition) is 5. The van der Waals surface area contributed by atoms with Gasteiger partial charge in [0.15, 0.2) is 0 Å². The fourth-order valence-electron chi connectivity index (χ4n) is 3.51. The summed E-state index contributed by atoms with van der Waals surface area (Å²) < 4.78 is 0. The molecule has 3 rings (SSSR count). The smallest absolute Gasteiger partial charge is 0.269 e. The molecule has 2 saturated heterocycles. The van der Waals surface area contributed by atoms with Crippen molar-refractivity contribution in [1.29, 1.82) is 0 Å². The van der Waals surface area contributed by atoms with Gasteiger partial charge in [-0.05, 0) is 18.4 Å². The Kier molecular flexibility index (Phi) is 5.28. The third-order valence-corrected chi connectivity index (χ3v) is 4.79. The number of benzene rings is 1. The van der Waals surface area contributed by atoms with Crippen molar-refractivity contribution in [2.75, 3.05) is 32.7 Å². The first-order chi connectivity index (χ1) is 12.0. The van der Waals surface area contributed by atoms with E-state index in [0.717, 1.165) is 19.4 Å². The number of hydrogen-bond donors (Lipinski definition) is 1. The van der Waals surface area contributed by atoms with E-state index in [9.17, 15) is 19.7 Å². The van der Waals surface area contributed by atoms with Gasteiger partial charge in [0, 0.05) is 44.4 Å². The standard InChI is InChI=1S/C17H22N4O4/c22-16(10-13-3-1-4-14(9-13)21(24)25)19-7-2-5-15(12-19)20-8-6-18-11-17(20)23/h1,3-4,9,15,18H,2,5-8,10-12H2. The summed E-state index contributed by atoms with van der Waals surface area (Å²) in [5.41, 5.74) is 0.632. The summed E-state index contributed by atoms with van der Waals surface area (Å²) in [6, 6.07) is 6.25. The van der Waals surface area contributed by atoms with Crippen LogP contribution in [0.5, 0.6) is 0 Å². The molecule has 25 heavy (non-hydrogen) atoms. The molecule has 0 aromatic heterocycles. The highest BCUT2D eigenvalue weighted by molar-refractivity contribution is 5.80. The van der Waals surface area contributed by atoms with E-state index in [1.54, 1.807) is 17.0 Å². The highest BCUT2D eigenvalue weighted by Gasteiger charge is 2.31. The van der Waals surface area contributed by atoms with E-state index < -0.39 is 4.92 Å². The van der Waals surface area contributed by atoms with Crippen molar-refractivity contribution in [3.63, 3.8) is 0 Å². The van der Waals surface area contributed by atoms with Gasteiger partial charge in [0.05, 0.1) is 17.9 Å². The molecule has 2 fully saturated rings. The normalized spacial score (nSPS) is 21.3. The molecule has 1 aromatic rings. The molecule has 0 radical (unpaired) electrons. The Labute approximate surface area is 145 Å². The first-order valence-corrected chi connectivity index (χ1v) is 8.56. The van der Waals surface area contributed by atoms with Gasteiger partial charge in [0.2, 0.25) is 11.8 Å². The molecule has 2 amide bonds. The van der Waals surface area contributed by atoms with Gasteiger partial charge in [-0.1, -0.05) is 12.1 Å². The van der Waals surface area contributed by atoms with Crippen LogP contribution in [-0.2, 0) is 16.0 Å². The number of rotatable bonds is 4. The summed E-state index contributed by atoms with van der Waals surface area (Å²) in [5.74, 6) is 0.0389. The Morgan fingerprint density at radius 2 is 2.20 bits per heavy atom. The zero-order valence-corrected chi connectivity index (χ0v) is 14.0. The molecule has 2 aliphatic heterocycles. The number of carbonyl (C=O) groups is 2.